The maximum absolute atomic E-state index is 12.2. The van der Waals surface area contributed by atoms with Gasteiger partial charge in [-0.2, -0.15) is 0 Å². The fourth-order valence-electron chi connectivity index (χ4n) is 1.68. The molecule has 15 N–H and O–H groups in total. The molecule has 0 fully saturated rings. The minimum absolute atomic E-state index is 0. The number of fused-ring (bicyclic) bond motifs is 1. The molecule has 0 bridgehead atoms. The van der Waals surface area contributed by atoms with E-state index in [2.05, 4.69) is 25.6 Å². The second kappa shape index (κ2) is 15.7. The summed E-state index contributed by atoms with van der Waals surface area (Å²) in [6.45, 7) is 1.90. The first kappa shape index (κ1) is 38.6. The average Bonchev–Trinajstić information content (AvgIpc) is 2.84. The molecular formula is C10H23N6NaO8. The van der Waals surface area contributed by atoms with Gasteiger partial charge < -0.3 is 38.3 Å². The van der Waals surface area contributed by atoms with Crippen LogP contribution in [0.25, 0.3) is 17.0 Å². The van der Waals surface area contributed by atoms with E-state index in [4.69, 9.17) is 0 Å². The van der Waals surface area contributed by atoms with E-state index < -0.39 is 0 Å². The molecule has 3 aromatic heterocycles. The molecule has 0 unspecified atom stereocenters. The number of hydrogen-bond donors (Lipinski definition) is 1. The summed E-state index contributed by atoms with van der Waals surface area (Å²) in [7, 11) is 0. The van der Waals surface area contributed by atoms with Crippen molar-refractivity contribution in [1.82, 2.24) is 30.0 Å². The number of aromatic amines is 1. The molecule has 3 rings (SSSR count). The Bertz CT molecular complexity index is 753. The first-order valence-electron chi connectivity index (χ1n) is 4.98. The van der Waals surface area contributed by atoms with Crippen molar-refractivity contribution in [1.29, 1.82) is 0 Å². The summed E-state index contributed by atoms with van der Waals surface area (Å²) < 4.78 is 1.48. The molecule has 0 atom stereocenters. The van der Waals surface area contributed by atoms with Gasteiger partial charge in [0.25, 0.3) is 5.56 Å². The van der Waals surface area contributed by atoms with Gasteiger partial charge in [-0.15, -0.1) is 5.10 Å². The maximum atomic E-state index is 12.2. The second-order valence-electron chi connectivity index (χ2n) is 3.61. The monoisotopic (exact) mass is 378 g/mol. The molecule has 142 valence electrons. The zero-order valence-electron chi connectivity index (χ0n) is 12.5. The summed E-state index contributed by atoms with van der Waals surface area (Å²) in [6, 6.07) is 3.70. The predicted octanol–water partition coefficient (Wildman–Crippen LogP) is -6.24. The third-order valence-electron chi connectivity index (χ3n) is 2.53. The summed E-state index contributed by atoms with van der Waals surface area (Å²) in [4.78, 5) is 16.4. The second-order valence-corrected chi connectivity index (χ2v) is 3.61. The number of tetrazole rings is 1. The predicted molar refractivity (Wildman–Crippen MR) is 91.8 cm³/mol. The average molecular weight is 378 g/mol. The van der Waals surface area contributed by atoms with Crippen LogP contribution in [0.4, 0.5) is 0 Å². The molecule has 0 saturated heterocycles. The molecule has 0 amide bonds. The summed E-state index contributed by atoms with van der Waals surface area (Å²) in [5.41, 5.74) is 1.72. The Hall–Kier alpha value is -1.85. The Morgan fingerprint density at radius 1 is 1.04 bits per heavy atom. The third-order valence-corrected chi connectivity index (χ3v) is 2.53. The fraction of sp³-hybridized carbons (Fsp3) is 0.100. The van der Waals surface area contributed by atoms with Crippen molar-refractivity contribution in [2.24, 2.45) is 0 Å². The molecule has 0 aliphatic heterocycles. The summed E-state index contributed by atoms with van der Waals surface area (Å²) >= 11 is 0. The van der Waals surface area contributed by atoms with Gasteiger partial charge in [-0.05, 0) is 29.0 Å². The van der Waals surface area contributed by atoms with Crippen LogP contribution < -0.4 is 5.56 Å². The van der Waals surface area contributed by atoms with Crippen LogP contribution in [0.5, 0.6) is 0 Å². The molecule has 25 heavy (non-hydrogen) atoms. The van der Waals surface area contributed by atoms with Crippen LogP contribution >= 0.6 is 0 Å². The first-order valence-corrected chi connectivity index (χ1v) is 4.98. The van der Waals surface area contributed by atoms with E-state index in [0.29, 0.717) is 17.0 Å². The normalized spacial score (nSPS) is 7.40. The molecular weight excluding hydrogens is 355 g/mol. The van der Waals surface area contributed by atoms with E-state index >= 15 is 0 Å². The number of nitrogens with zero attached hydrogens (tertiary/aromatic N) is 5. The van der Waals surface area contributed by atoms with Crippen molar-refractivity contribution in [3.8, 4) is 11.4 Å². The molecule has 0 aliphatic carbocycles. The molecule has 0 saturated carbocycles. The Kier molecular flexibility index (Phi) is 24.2. The number of pyridine rings is 1. The summed E-state index contributed by atoms with van der Waals surface area (Å²) in [6.07, 6.45) is 3.15. The summed E-state index contributed by atoms with van der Waals surface area (Å²) in [5, 5.41) is 13.1. The first-order chi connectivity index (χ1) is 8.27. The molecule has 0 aromatic carbocycles. The molecule has 14 nitrogen and oxygen atoms in total. The van der Waals surface area contributed by atoms with Crippen LogP contribution in [0.1, 0.15) is 5.56 Å². The third kappa shape index (κ3) is 6.88. The van der Waals surface area contributed by atoms with E-state index in [0.717, 1.165) is 5.56 Å². The Labute approximate surface area is 162 Å². The number of aromatic nitrogens is 6. The van der Waals surface area contributed by atoms with E-state index in [1.807, 2.05) is 13.0 Å². The van der Waals surface area contributed by atoms with Crippen molar-refractivity contribution in [2.75, 3.05) is 0 Å². The Morgan fingerprint density at radius 2 is 1.64 bits per heavy atom. The van der Waals surface area contributed by atoms with Crippen molar-refractivity contribution in [2.45, 2.75) is 6.92 Å². The van der Waals surface area contributed by atoms with Crippen molar-refractivity contribution < 1.29 is 38.3 Å². The SMILES string of the molecule is Cc1cccn2c(=O)c(-c3nnn[nH]3)cnc12.O.O.O.O.O.O.O.[NaH]. The topological polar surface area (TPSA) is 309 Å². The summed E-state index contributed by atoms with van der Waals surface area (Å²) in [5.74, 6) is 0.318. The van der Waals surface area contributed by atoms with Crippen LogP contribution in [0.3, 0.4) is 0 Å². The Balaban J connectivity index is -0.000000113. The van der Waals surface area contributed by atoms with Gasteiger partial charge in [0.05, 0.1) is 0 Å². The van der Waals surface area contributed by atoms with Crippen molar-refractivity contribution in [3.05, 3.63) is 40.4 Å². The number of aryl methyl sites for hydroxylation is 1. The van der Waals surface area contributed by atoms with Gasteiger partial charge in [0.1, 0.15) is 11.2 Å². The van der Waals surface area contributed by atoms with Gasteiger partial charge in [-0.25, -0.2) is 10.1 Å². The fourth-order valence-corrected chi connectivity index (χ4v) is 1.68. The van der Waals surface area contributed by atoms with E-state index in [1.54, 1.807) is 12.3 Å². The Morgan fingerprint density at radius 3 is 2.16 bits per heavy atom. The van der Waals surface area contributed by atoms with Crippen LogP contribution in [0, 0.1) is 6.92 Å². The van der Waals surface area contributed by atoms with Crippen LogP contribution in [-0.2, 0) is 0 Å². The van der Waals surface area contributed by atoms with Gasteiger partial charge >= 0.3 is 29.6 Å². The van der Waals surface area contributed by atoms with Gasteiger partial charge in [0.15, 0.2) is 5.82 Å². The molecule has 0 radical (unpaired) electrons. The zero-order chi connectivity index (χ0) is 11.8. The number of hydrogen-bond acceptors (Lipinski definition) is 5. The van der Waals surface area contributed by atoms with E-state index in [-0.39, 0.29) is 73.4 Å². The number of rotatable bonds is 1. The zero-order valence-corrected chi connectivity index (χ0v) is 12.5. The van der Waals surface area contributed by atoms with Gasteiger partial charge in [-0.1, -0.05) is 6.07 Å². The van der Waals surface area contributed by atoms with Gasteiger partial charge in [-0.3, -0.25) is 9.20 Å². The van der Waals surface area contributed by atoms with Crippen molar-refractivity contribution >= 4 is 35.2 Å². The standard InChI is InChI=1S/C10H8N6O.Na.7H2O.H/c1-6-3-2-4-16-9(6)11-5-7(10(16)17)8-12-14-15-13-8;;;;;;;;;/h2-5H,1H3,(H,12,13,14,15);;7*1H2;. The van der Waals surface area contributed by atoms with Crippen molar-refractivity contribution in [3.63, 3.8) is 0 Å². The van der Waals surface area contributed by atoms with Crippen LogP contribution in [-0.4, -0.2) is 97.9 Å². The van der Waals surface area contributed by atoms with Gasteiger partial charge in [0.2, 0.25) is 0 Å². The molecule has 3 aromatic rings. The van der Waals surface area contributed by atoms with Crippen LogP contribution in [0.2, 0.25) is 0 Å². The molecule has 0 spiro atoms. The van der Waals surface area contributed by atoms with E-state index in [1.165, 1.54) is 10.6 Å². The van der Waals surface area contributed by atoms with E-state index in [9.17, 15) is 4.79 Å². The molecule has 15 heteroatoms. The molecule has 0 aliphatic rings. The number of H-pyrrole nitrogens is 1. The van der Waals surface area contributed by atoms with Crippen LogP contribution in [0.15, 0.2) is 29.3 Å². The van der Waals surface area contributed by atoms with Gasteiger partial charge in [0, 0.05) is 12.4 Å². The minimum atomic E-state index is -0.197. The molecule has 3 heterocycles. The number of nitrogens with one attached hydrogen (secondary N) is 1. The quantitative estimate of drug-likeness (QED) is 0.402.